The Bertz CT molecular complexity index is 1050. The van der Waals surface area contributed by atoms with Crippen molar-refractivity contribution < 1.29 is 18.7 Å². The van der Waals surface area contributed by atoms with Gasteiger partial charge in [0.05, 0.1) is 28.3 Å². The molecule has 0 saturated heterocycles. The van der Waals surface area contributed by atoms with Crippen LogP contribution in [0.2, 0.25) is 0 Å². The van der Waals surface area contributed by atoms with Gasteiger partial charge in [-0.15, -0.1) is 11.3 Å². The van der Waals surface area contributed by atoms with Crippen LogP contribution in [0.4, 0.5) is 0 Å². The van der Waals surface area contributed by atoms with Crippen LogP contribution in [0.3, 0.4) is 0 Å². The van der Waals surface area contributed by atoms with Gasteiger partial charge in [-0.1, -0.05) is 13.3 Å². The van der Waals surface area contributed by atoms with Crippen molar-refractivity contribution in [3.63, 3.8) is 0 Å². The predicted molar refractivity (Wildman–Crippen MR) is 109 cm³/mol. The molecule has 148 valence electrons. The van der Waals surface area contributed by atoms with Gasteiger partial charge in [-0.05, 0) is 38.8 Å². The van der Waals surface area contributed by atoms with Gasteiger partial charge in [0.2, 0.25) is 5.43 Å². The first-order chi connectivity index (χ1) is 13.4. The second kappa shape index (κ2) is 8.56. The first-order valence-electron chi connectivity index (χ1n) is 9.28. The second-order valence-electron chi connectivity index (χ2n) is 6.45. The first kappa shape index (κ1) is 20.1. The quantitative estimate of drug-likeness (QED) is 0.542. The largest absolute Gasteiger partial charge is 0.479 e. The third-order valence-electron chi connectivity index (χ3n) is 4.29. The van der Waals surface area contributed by atoms with Gasteiger partial charge in [-0.2, -0.15) is 0 Å². The van der Waals surface area contributed by atoms with Gasteiger partial charge >= 0.3 is 5.97 Å². The minimum atomic E-state index is -0.753. The van der Waals surface area contributed by atoms with E-state index < -0.39 is 12.1 Å². The fourth-order valence-electron chi connectivity index (χ4n) is 2.94. The number of esters is 1. The van der Waals surface area contributed by atoms with Crippen LogP contribution in [-0.2, 0) is 16.0 Å². The first-order valence-corrected chi connectivity index (χ1v) is 10.2. The van der Waals surface area contributed by atoms with E-state index in [-0.39, 0.29) is 5.43 Å². The van der Waals surface area contributed by atoms with Gasteiger partial charge < -0.3 is 13.9 Å². The van der Waals surface area contributed by atoms with E-state index in [1.165, 1.54) is 17.6 Å². The molecule has 0 aliphatic carbocycles. The molecule has 0 bridgehead atoms. The number of benzene rings is 1. The summed E-state index contributed by atoms with van der Waals surface area (Å²) in [5.41, 5.74) is 2.19. The highest BCUT2D eigenvalue weighted by atomic mass is 32.1. The topological polar surface area (TPSA) is 78.6 Å². The molecule has 28 heavy (non-hydrogen) atoms. The number of rotatable bonds is 7. The molecule has 6 nitrogen and oxygen atoms in total. The molecule has 3 aromatic rings. The molecule has 0 amide bonds. The number of carbonyl (C=O) groups is 1. The molecule has 0 radical (unpaired) electrons. The molecule has 1 atom stereocenters. The average Bonchev–Trinajstić information content (AvgIpc) is 3.09. The summed E-state index contributed by atoms with van der Waals surface area (Å²) in [5, 5.41) is 3.21. The van der Waals surface area contributed by atoms with Gasteiger partial charge in [0, 0.05) is 11.4 Å². The van der Waals surface area contributed by atoms with E-state index in [0.29, 0.717) is 41.0 Å². The number of hydrogen-bond acceptors (Lipinski definition) is 7. The smallest absolute Gasteiger partial charge is 0.347 e. The second-order valence-corrected chi connectivity index (χ2v) is 7.51. The number of ether oxygens (including phenoxy) is 2. The van der Waals surface area contributed by atoms with Crippen LogP contribution < -0.4 is 10.2 Å². The summed E-state index contributed by atoms with van der Waals surface area (Å²) in [6.45, 7) is 7.62. The van der Waals surface area contributed by atoms with E-state index in [9.17, 15) is 9.59 Å². The summed E-state index contributed by atoms with van der Waals surface area (Å²) in [6.07, 6.45) is 2.25. The highest BCUT2D eigenvalue weighted by Crippen LogP contribution is 2.29. The Labute approximate surface area is 167 Å². The molecule has 0 spiro atoms. The third-order valence-corrected chi connectivity index (χ3v) is 5.07. The van der Waals surface area contributed by atoms with Crippen molar-refractivity contribution in [3.8, 4) is 17.0 Å². The fraction of sp³-hybridized carbons (Fsp3) is 0.381. The lowest BCUT2D eigenvalue weighted by molar-refractivity contribution is -0.150. The van der Waals surface area contributed by atoms with Crippen LogP contribution >= 0.6 is 11.3 Å². The number of aryl methyl sites for hydroxylation is 2. The van der Waals surface area contributed by atoms with E-state index in [1.807, 2.05) is 19.2 Å². The van der Waals surface area contributed by atoms with E-state index in [0.717, 1.165) is 17.0 Å². The number of carbonyl (C=O) groups excluding carboxylic acids is 1. The maximum Gasteiger partial charge on any atom is 0.347 e. The lowest BCUT2D eigenvalue weighted by Crippen LogP contribution is -2.26. The van der Waals surface area contributed by atoms with Crippen molar-refractivity contribution in [2.45, 2.75) is 46.6 Å². The lowest BCUT2D eigenvalue weighted by atomic mass is 10.0. The Morgan fingerprint density at radius 3 is 2.75 bits per heavy atom. The van der Waals surface area contributed by atoms with Crippen molar-refractivity contribution in [2.75, 3.05) is 6.61 Å². The molecule has 3 rings (SSSR count). The summed E-state index contributed by atoms with van der Waals surface area (Å²) in [7, 11) is 0. The summed E-state index contributed by atoms with van der Waals surface area (Å²) in [6, 6.07) is 3.47. The Balaban J connectivity index is 2.05. The summed E-state index contributed by atoms with van der Waals surface area (Å²) in [4.78, 5) is 29.3. The molecule has 0 aliphatic heterocycles. The third kappa shape index (κ3) is 4.09. The molecule has 0 aliphatic rings. The van der Waals surface area contributed by atoms with Crippen LogP contribution in [0.15, 0.2) is 33.0 Å². The van der Waals surface area contributed by atoms with Gasteiger partial charge in [0.1, 0.15) is 17.6 Å². The van der Waals surface area contributed by atoms with Crippen molar-refractivity contribution in [1.29, 1.82) is 0 Å². The van der Waals surface area contributed by atoms with Crippen molar-refractivity contribution in [1.82, 2.24) is 4.98 Å². The van der Waals surface area contributed by atoms with Gasteiger partial charge in [0.25, 0.3) is 0 Å². The van der Waals surface area contributed by atoms with Crippen molar-refractivity contribution >= 4 is 28.3 Å². The normalized spacial score (nSPS) is 12.1. The van der Waals surface area contributed by atoms with Gasteiger partial charge in [-0.25, -0.2) is 9.78 Å². The zero-order chi connectivity index (χ0) is 20.3. The lowest BCUT2D eigenvalue weighted by Gasteiger charge is -2.17. The number of hydrogen-bond donors (Lipinski definition) is 0. The average molecular weight is 401 g/mol. The maximum atomic E-state index is 13.0. The molecule has 0 N–H and O–H groups in total. The van der Waals surface area contributed by atoms with Crippen LogP contribution in [0.5, 0.6) is 5.75 Å². The SMILES string of the molecule is CCCc1cc2c(=O)c(-c3csc(C)n3)coc2cc1OC(C)C(=O)OCC. The maximum absolute atomic E-state index is 13.0. The van der Waals surface area contributed by atoms with E-state index in [1.54, 1.807) is 26.0 Å². The Morgan fingerprint density at radius 2 is 2.11 bits per heavy atom. The van der Waals surface area contributed by atoms with Gasteiger partial charge in [-0.3, -0.25) is 4.79 Å². The summed E-state index contributed by atoms with van der Waals surface area (Å²) in [5.74, 6) is 0.0936. The van der Waals surface area contributed by atoms with Gasteiger partial charge in [0.15, 0.2) is 6.10 Å². The summed E-state index contributed by atoms with van der Waals surface area (Å²) < 4.78 is 16.6. The summed E-state index contributed by atoms with van der Waals surface area (Å²) >= 11 is 1.49. The molecule has 1 aromatic carbocycles. The molecular weight excluding hydrogens is 378 g/mol. The highest BCUT2D eigenvalue weighted by molar-refractivity contribution is 7.09. The van der Waals surface area contributed by atoms with Crippen LogP contribution in [0.25, 0.3) is 22.2 Å². The molecule has 0 fully saturated rings. The predicted octanol–water partition coefficient (Wildman–Crippen LogP) is 4.51. The van der Waals surface area contributed by atoms with Crippen molar-refractivity contribution in [3.05, 3.63) is 44.6 Å². The molecule has 7 heteroatoms. The highest BCUT2D eigenvalue weighted by Gasteiger charge is 2.20. The monoisotopic (exact) mass is 401 g/mol. The molecule has 1 unspecified atom stereocenters. The molecule has 2 aromatic heterocycles. The van der Waals surface area contributed by atoms with Crippen molar-refractivity contribution in [2.24, 2.45) is 0 Å². The Morgan fingerprint density at radius 1 is 1.32 bits per heavy atom. The number of aromatic nitrogens is 1. The molecule has 0 saturated carbocycles. The minimum absolute atomic E-state index is 0.131. The van der Waals surface area contributed by atoms with Crippen LogP contribution in [0, 0.1) is 6.92 Å². The van der Waals surface area contributed by atoms with E-state index in [4.69, 9.17) is 13.9 Å². The number of fused-ring (bicyclic) bond motifs is 1. The van der Waals surface area contributed by atoms with Crippen LogP contribution in [0.1, 0.15) is 37.8 Å². The van der Waals surface area contributed by atoms with E-state index in [2.05, 4.69) is 4.98 Å². The number of nitrogens with zero attached hydrogens (tertiary/aromatic N) is 1. The molecular formula is C21H23NO5S. The van der Waals surface area contributed by atoms with Crippen LogP contribution in [-0.4, -0.2) is 23.7 Å². The Hall–Kier alpha value is -2.67. The standard InChI is InChI=1S/C21H23NO5S/c1-5-7-14-8-15-19(9-18(14)27-12(3)21(24)25-6-2)26-10-16(20(15)23)17-11-28-13(4)22-17/h8-12H,5-7H2,1-4H3. The Kier molecular flexibility index (Phi) is 6.14. The fourth-order valence-corrected chi connectivity index (χ4v) is 3.55. The number of thiazole rings is 1. The molecule has 2 heterocycles. The zero-order valence-electron chi connectivity index (χ0n) is 16.4. The van der Waals surface area contributed by atoms with E-state index >= 15 is 0 Å². The minimum Gasteiger partial charge on any atom is -0.479 e. The zero-order valence-corrected chi connectivity index (χ0v) is 17.2.